The second-order valence-corrected chi connectivity index (χ2v) is 6.38. The third-order valence-corrected chi connectivity index (χ3v) is 4.54. The molecular weight excluding hydrogens is 334 g/mol. The van der Waals surface area contributed by atoms with Crippen molar-refractivity contribution in [2.45, 2.75) is 12.8 Å². The number of aromatic nitrogens is 2. The standard InChI is InChI=1S/C19H21N3O4/c1-26-12-18(23)22-7-6-13(11-22)8-14-9-21-17(10-20-14)15-4-2-3-5-16(15)19(24)25/h2-5,9-10,13H,6-8,11-12H2,1H3,(H,24,25). The summed E-state index contributed by atoms with van der Waals surface area (Å²) >= 11 is 0. The highest BCUT2D eigenvalue weighted by molar-refractivity contribution is 5.95. The lowest BCUT2D eigenvalue weighted by atomic mass is 10.0. The molecule has 1 aromatic heterocycles. The molecule has 0 saturated carbocycles. The Morgan fingerprint density at radius 2 is 2.08 bits per heavy atom. The minimum Gasteiger partial charge on any atom is -0.478 e. The van der Waals surface area contributed by atoms with Crippen molar-refractivity contribution in [1.82, 2.24) is 14.9 Å². The molecule has 1 unspecified atom stereocenters. The van der Waals surface area contributed by atoms with Crippen LogP contribution in [0, 0.1) is 5.92 Å². The topological polar surface area (TPSA) is 92.6 Å². The average Bonchev–Trinajstić information content (AvgIpc) is 3.11. The number of carboxylic acids is 1. The number of aromatic carboxylic acids is 1. The van der Waals surface area contributed by atoms with E-state index in [0.717, 1.165) is 25.1 Å². The average molecular weight is 355 g/mol. The van der Waals surface area contributed by atoms with Crippen LogP contribution in [0.2, 0.25) is 0 Å². The number of carbonyl (C=O) groups excluding carboxylic acids is 1. The van der Waals surface area contributed by atoms with E-state index in [9.17, 15) is 14.7 Å². The molecule has 7 heteroatoms. The van der Waals surface area contributed by atoms with Gasteiger partial charge in [0.05, 0.1) is 23.1 Å². The third kappa shape index (κ3) is 4.05. The quantitative estimate of drug-likeness (QED) is 0.850. The SMILES string of the molecule is COCC(=O)N1CCC(Cc2cnc(-c3ccccc3C(=O)O)cn2)C1. The predicted octanol–water partition coefficient (Wildman–Crippen LogP) is 1.88. The van der Waals surface area contributed by atoms with E-state index in [1.165, 1.54) is 7.11 Å². The molecule has 7 nitrogen and oxygen atoms in total. The lowest BCUT2D eigenvalue weighted by Crippen LogP contribution is -2.31. The van der Waals surface area contributed by atoms with Crippen LogP contribution in [-0.4, -0.2) is 58.7 Å². The Kier molecular flexibility index (Phi) is 5.58. The van der Waals surface area contributed by atoms with Crippen molar-refractivity contribution in [2.24, 2.45) is 5.92 Å². The van der Waals surface area contributed by atoms with Crippen LogP contribution in [0.3, 0.4) is 0 Å². The van der Waals surface area contributed by atoms with E-state index in [4.69, 9.17) is 4.74 Å². The number of ether oxygens (including phenoxy) is 1. The van der Waals surface area contributed by atoms with Gasteiger partial charge in [0.15, 0.2) is 0 Å². The number of methoxy groups -OCH3 is 1. The summed E-state index contributed by atoms with van der Waals surface area (Å²) in [7, 11) is 1.52. The molecule has 2 heterocycles. The molecule has 1 aromatic carbocycles. The van der Waals surface area contributed by atoms with E-state index in [0.29, 0.717) is 23.7 Å². The summed E-state index contributed by atoms with van der Waals surface area (Å²) in [5, 5.41) is 9.29. The lowest BCUT2D eigenvalue weighted by Gasteiger charge is -2.15. The highest BCUT2D eigenvalue weighted by atomic mass is 16.5. The van der Waals surface area contributed by atoms with Gasteiger partial charge in [0.2, 0.25) is 5.91 Å². The number of benzene rings is 1. The van der Waals surface area contributed by atoms with E-state index in [2.05, 4.69) is 9.97 Å². The molecule has 0 radical (unpaired) electrons. The zero-order valence-electron chi connectivity index (χ0n) is 14.6. The number of hydrogen-bond donors (Lipinski definition) is 1. The first-order valence-corrected chi connectivity index (χ1v) is 8.49. The molecule has 3 rings (SSSR count). The molecule has 1 fully saturated rings. The van der Waals surface area contributed by atoms with Crippen LogP contribution in [0.25, 0.3) is 11.3 Å². The predicted molar refractivity (Wildman–Crippen MR) is 94.7 cm³/mol. The molecular formula is C19H21N3O4. The molecule has 136 valence electrons. The fourth-order valence-electron chi connectivity index (χ4n) is 3.23. The highest BCUT2D eigenvalue weighted by Crippen LogP contribution is 2.23. The number of amides is 1. The van der Waals surface area contributed by atoms with Gasteiger partial charge in [0.1, 0.15) is 6.61 Å². The van der Waals surface area contributed by atoms with Crippen LogP contribution >= 0.6 is 0 Å². The smallest absolute Gasteiger partial charge is 0.336 e. The van der Waals surface area contributed by atoms with Crippen molar-refractivity contribution in [3.63, 3.8) is 0 Å². The third-order valence-electron chi connectivity index (χ3n) is 4.54. The van der Waals surface area contributed by atoms with Crippen molar-refractivity contribution < 1.29 is 19.4 Å². The van der Waals surface area contributed by atoms with Gasteiger partial charge in [-0.05, 0) is 24.8 Å². The van der Waals surface area contributed by atoms with Gasteiger partial charge in [-0.3, -0.25) is 14.8 Å². The second-order valence-electron chi connectivity index (χ2n) is 6.38. The Morgan fingerprint density at radius 1 is 1.27 bits per heavy atom. The molecule has 1 saturated heterocycles. The van der Waals surface area contributed by atoms with Crippen molar-refractivity contribution >= 4 is 11.9 Å². The summed E-state index contributed by atoms with van der Waals surface area (Å²) in [6.07, 6.45) is 4.97. The second kappa shape index (κ2) is 8.05. The summed E-state index contributed by atoms with van der Waals surface area (Å²) in [5.41, 5.74) is 2.14. The summed E-state index contributed by atoms with van der Waals surface area (Å²) in [4.78, 5) is 33.8. The first-order chi connectivity index (χ1) is 12.6. The Morgan fingerprint density at radius 3 is 2.77 bits per heavy atom. The van der Waals surface area contributed by atoms with Gasteiger partial charge >= 0.3 is 5.97 Å². The van der Waals surface area contributed by atoms with Crippen molar-refractivity contribution in [1.29, 1.82) is 0 Å². The van der Waals surface area contributed by atoms with Gasteiger partial charge in [-0.15, -0.1) is 0 Å². The van der Waals surface area contributed by atoms with Gasteiger partial charge in [0.25, 0.3) is 0 Å². The minimum absolute atomic E-state index is 0.0155. The van der Waals surface area contributed by atoms with Gasteiger partial charge in [0, 0.05) is 32.0 Å². The Hall–Kier alpha value is -2.80. The Bertz CT molecular complexity index is 792. The van der Waals surface area contributed by atoms with Crippen molar-refractivity contribution in [2.75, 3.05) is 26.8 Å². The lowest BCUT2D eigenvalue weighted by molar-refractivity contribution is -0.134. The largest absolute Gasteiger partial charge is 0.478 e. The Labute approximate surface area is 151 Å². The maximum atomic E-state index is 11.9. The van der Waals surface area contributed by atoms with E-state index in [-0.39, 0.29) is 18.1 Å². The van der Waals surface area contributed by atoms with Crippen LogP contribution in [0.5, 0.6) is 0 Å². The molecule has 0 aliphatic carbocycles. The van der Waals surface area contributed by atoms with E-state index in [1.54, 1.807) is 36.7 Å². The van der Waals surface area contributed by atoms with Crippen molar-refractivity contribution in [3.8, 4) is 11.3 Å². The molecule has 1 amide bonds. The minimum atomic E-state index is -0.988. The maximum absolute atomic E-state index is 11.9. The fourth-order valence-corrected chi connectivity index (χ4v) is 3.23. The Balaban J connectivity index is 1.66. The molecule has 1 atom stereocenters. The molecule has 2 aromatic rings. The summed E-state index contributed by atoms with van der Waals surface area (Å²) < 4.78 is 4.90. The van der Waals surface area contributed by atoms with Gasteiger partial charge in [-0.2, -0.15) is 0 Å². The number of likely N-dealkylation sites (tertiary alicyclic amines) is 1. The van der Waals surface area contributed by atoms with E-state index >= 15 is 0 Å². The van der Waals surface area contributed by atoms with Gasteiger partial charge in [-0.1, -0.05) is 18.2 Å². The van der Waals surface area contributed by atoms with Crippen LogP contribution in [0.4, 0.5) is 0 Å². The first kappa shape index (κ1) is 18.0. The zero-order valence-corrected chi connectivity index (χ0v) is 14.6. The van der Waals surface area contributed by atoms with Gasteiger partial charge in [-0.25, -0.2) is 4.79 Å². The molecule has 1 aliphatic rings. The monoisotopic (exact) mass is 355 g/mol. The number of rotatable bonds is 6. The molecule has 26 heavy (non-hydrogen) atoms. The van der Waals surface area contributed by atoms with Crippen LogP contribution in [0.1, 0.15) is 22.5 Å². The highest BCUT2D eigenvalue weighted by Gasteiger charge is 2.26. The van der Waals surface area contributed by atoms with Crippen molar-refractivity contribution in [3.05, 3.63) is 47.9 Å². The van der Waals surface area contributed by atoms with Gasteiger partial charge < -0.3 is 14.7 Å². The number of hydrogen-bond acceptors (Lipinski definition) is 5. The fraction of sp³-hybridized carbons (Fsp3) is 0.368. The summed E-state index contributed by atoms with van der Waals surface area (Å²) in [6.45, 7) is 1.56. The number of nitrogens with zero attached hydrogens (tertiary/aromatic N) is 3. The number of carbonyl (C=O) groups is 2. The zero-order chi connectivity index (χ0) is 18.5. The van der Waals surface area contributed by atoms with E-state index in [1.807, 2.05) is 4.90 Å². The van der Waals surface area contributed by atoms with E-state index < -0.39 is 5.97 Å². The first-order valence-electron chi connectivity index (χ1n) is 8.49. The molecule has 1 N–H and O–H groups in total. The molecule has 0 bridgehead atoms. The maximum Gasteiger partial charge on any atom is 0.336 e. The van der Waals surface area contributed by atoms with Crippen LogP contribution in [-0.2, 0) is 16.0 Å². The molecule has 0 spiro atoms. The van der Waals surface area contributed by atoms with Crippen LogP contribution < -0.4 is 0 Å². The summed E-state index contributed by atoms with van der Waals surface area (Å²) in [6, 6.07) is 6.74. The summed E-state index contributed by atoms with van der Waals surface area (Å²) in [5.74, 6) is -0.623. The number of carboxylic acid groups (broad SMARTS) is 1. The normalized spacial score (nSPS) is 16.7. The molecule has 1 aliphatic heterocycles. The van der Waals surface area contributed by atoms with Crippen LogP contribution in [0.15, 0.2) is 36.7 Å².